The minimum absolute atomic E-state index is 0.272. The summed E-state index contributed by atoms with van der Waals surface area (Å²) in [7, 11) is 0. The van der Waals surface area contributed by atoms with Gasteiger partial charge in [0.2, 0.25) is 0 Å². The van der Waals surface area contributed by atoms with Gasteiger partial charge in [-0.3, -0.25) is 0 Å². The summed E-state index contributed by atoms with van der Waals surface area (Å²) in [5, 5.41) is 0.272. The Bertz CT molecular complexity index is 222. The molecule has 1 atom stereocenters. The molecule has 0 N–H and O–H groups in total. The molecule has 0 fully saturated rings. The predicted molar refractivity (Wildman–Crippen MR) is 50.5 cm³/mol. The maximum absolute atomic E-state index is 6.01. The number of rotatable bonds is 3. The first-order valence-electron chi connectivity index (χ1n) is 3.77. The van der Waals surface area contributed by atoms with Crippen LogP contribution in [-0.2, 0) is 6.42 Å². The Morgan fingerprint density at radius 1 is 1.73 bits per heavy atom. The normalized spacial score (nSPS) is 13.4. The highest BCUT2D eigenvalue weighted by Gasteiger charge is 2.06. The van der Waals surface area contributed by atoms with Gasteiger partial charge in [0.25, 0.3) is 0 Å². The second kappa shape index (κ2) is 4.07. The number of aryl methyl sites for hydroxylation is 1. The number of thiazole rings is 1. The second-order valence-corrected chi connectivity index (χ2v) is 4.13. The van der Waals surface area contributed by atoms with Gasteiger partial charge >= 0.3 is 0 Å². The van der Waals surface area contributed by atoms with E-state index in [-0.39, 0.29) is 5.38 Å². The molecular formula is C8H12ClNS. The third-order valence-corrected chi connectivity index (χ3v) is 3.12. The Morgan fingerprint density at radius 3 is 2.91 bits per heavy atom. The van der Waals surface area contributed by atoms with Gasteiger partial charge in [0.1, 0.15) is 0 Å². The zero-order valence-corrected chi connectivity index (χ0v) is 8.37. The Balaban J connectivity index is 2.56. The molecule has 1 aromatic rings. The monoisotopic (exact) mass is 189 g/mol. The van der Waals surface area contributed by atoms with Gasteiger partial charge in [-0.15, -0.1) is 22.9 Å². The minimum atomic E-state index is 0.272. The van der Waals surface area contributed by atoms with Gasteiger partial charge in [0.15, 0.2) is 0 Å². The van der Waals surface area contributed by atoms with Crippen LogP contribution in [0.2, 0.25) is 0 Å². The van der Waals surface area contributed by atoms with Crippen LogP contribution in [0.1, 0.15) is 23.9 Å². The molecule has 1 unspecified atom stereocenters. The van der Waals surface area contributed by atoms with Crippen LogP contribution in [0, 0.1) is 6.92 Å². The zero-order valence-electron chi connectivity index (χ0n) is 6.80. The van der Waals surface area contributed by atoms with E-state index >= 15 is 0 Å². The maximum atomic E-state index is 6.01. The highest BCUT2D eigenvalue weighted by molar-refractivity contribution is 7.09. The summed E-state index contributed by atoms with van der Waals surface area (Å²) < 4.78 is 0. The molecule has 1 nitrogen and oxygen atoms in total. The van der Waals surface area contributed by atoms with E-state index in [1.54, 1.807) is 11.3 Å². The highest BCUT2D eigenvalue weighted by atomic mass is 35.5. The SMILES string of the molecule is CCC(Cl)Cc1scnc1C. The van der Waals surface area contributed by atoms with E-state index in [1.807, 2.05) is 12.4 Å². The van der Waals surface area contributed by atoms with Crippen molar-refractivity contribution in [2.75, 3.05) is 0 Å². The molecule has 0 aliphatic heterocycles. The van der Waals surface area contributed by atoms with Crippen molar-refractivity contribution in [3.8, 4) is 0 Å². The molecular weight excluding hydrogens is 178 g/mol. The average molecular weight is 190 g/mol. The Morgan fingerprint density at radius 2 is 2.45 bits per heavy atom. The fourth-order valence-electron chi connectivity index (χ4n) is 0.868. The molecule has 0 spiro atoms. The summed E-state index contributed by atoms with van der Waals surface area (Å²) in [6.45, 7) is 4.14. The average Bonchev–Trinajstić information content (AvgIpc) is 2.37. The molecule has 1 rings (SSSR count). The van der Waals surface area contributed by atoms with Crippen molar-refractivity contribution in [3.63, 3.8) is 0 Å². The van der Waals surface area contributed by atoms with Crippen LogP contribution in [0.4, 0.5) is 0 Å². The van der Waals surface area contributed by atoms with Crippen molar-refractivity contribution in [1.29, 1.82) is 0 Å². The summed E-state index contributed by atoms with van der Waals surface area (Å²) in [5.74, 6) is 0. The maximum Gasteiger partial charge on any atom is 0.0797 e. The first-order chi connectivity index (χ1) is 5.24. The van der Waals surface area contributed by atoms with Crippen molar-refractivity contribution < 1.29 is 0 Å². The first-order valence-corrected chi connectivity index (χ1v) is 5.08. The number of hydrogen-bond donors (Lipinski definition) is 0. The number of hydrogen-bond acceptors (Lipinski definition) is 2. The van der Waals surface area contributed by atoms with E-state index in [2.05, 4.69) is 11.9 Å². The van der Waals surface area contributed by atoms with Crippen LogP contribution < -0.4 is 0 Å². The van der Waals surface area contributed by atoms with E-state index in [1.165, 1.54) is 4.88 Å². The first kappa shape index (κ1) is 9.01. The predicted octanol–water partition coefficient (Wildman–Crippen LogP) is 3.01. The third-order valence-electron chi connectivity index (χ3n) is 1.69. The molecule has 3 heteroatoms. The van der Waals surface area contributed by atoms with Gasteiger partial charge in [-0.2, -0.15) is 0 Å². The largest absolute Gasteiger partial charge is 0.250 e. The van der Waals surface area contributed by atoms with Crippen molar-refractivity contribution in [2.24, 2.45) is 0 Å². The Kier molecular flexibility index (Phi) is 3.34. The summed E-state index contributed by atoms with van der Waals surface area (Å²) >= 11 is 7.71. The van der Waals surface area contributed by atoms with Crippen molar-refractivity contribution >= 4 is 22.9 Å². The van der Waals surface area contributed by atoms with Crippen LogP contribution in [0.3, 0.4) is 0 Å². The summed E-state index contributed by atoms with van der Waals surface area (Å²) in [4.78, 5) is 5.49. The van der Waals surface area contributed by atoms with E-state index < -0.39 is 0 Å². The third kappa shape index (κ3) is 2.46. The fraction of sp³-hybridized carbons (Fsp3) is 0.625. The molecule has 0 radical (unpaired) electrons. The Hall–Kier alpha value is -0.0800. The van der Waals surface area contributed by atoms with Gasteiger partial charge in [-0.1, -0.05) is 6.92 Å². The molecule has 0 saturated carbocycles. The molecule has 1 heterocycles. The number of alkyl halides is 1. The van der Waals surface area contributed by atoms with E-state index in [0.717, 1.165) is 18.5 Å². The van der Waals surface area contributed by atoms with Crippen LogP contribution >= 0.6 is 22.9 Å². The zero-order chi connectivity index (χ0) is 8.27. The lowest BCUT2D eigenvalue weighted by Gasteiger charge is -2.03. The van der Waals surface area contributed by atoms with E-state index in [4.69, 9.17) is 11.6 Å². The standard InChI is InChI=1S/C8H12ClNS/c1-3-7(9)4-8-6(2)10-5-11-8/h5,7H,3-4H2,1-2H3. The van der Waals surface area contributed by atoms with Crippen LogP contribution in [0.15, 0.2) is 5.51 Å². The van der Waals surface area contributed by atoms with Crippen LogP contribution in [0.25, 0.3) is 0 Å². The fourth-order valence-corrected chi connectivity index (χ4v) is 1.97. The number of aromatic nitrogens is 1. The quantitative estimate of drug-likeness (QED) is 0.667. The molecule has 11 heavy (non-hydrogen) atoms. The van der Waals surface area contributed by atoms with Gasteiger partial charge in [-0.05, 0) is 19.8 Å². The highest BCUT2D eigenvalue weighted by Crippen LogP contribution is 2.17. The minimum Gasteiger partial charge on any atom is -0.250 e. The molecule has 1 aromatic heterocycles. The van der Waals surface area contributed by atoms with Gasteiger partial charge < -0.3 is 0 Å². The van der Waals surface area contributed by atoms with E-state index in [9.17, 15) is 0 Å². The number of halogens is 1. The van der Waals surface area contributed by atoms with Crippen molar-refractivity contribution in [1.82, 2.24) is 4.98 Å². The van der Waals surface area contributed by atoms with Crippen LogP contribution in [0.5, 0.6) is 0 Å². The molecule has 0 aliphatic carbocycles. The topological polar surface area (TPSA) is 12.9 Å². The summed E-state index contributed by atoms with van der Waals surface area (Å²) in [6, 6.07) is 0. The molecule has 0 amide bonds. The van der Waals surface area contributed by atoms with Gasteiger partial charge in [0.05, 0.1) is 11.2 Å². The Labute approximate surface area is 76.4 Å². The lowest BCUT2D eigenvalue weighted by atomic mass is 10.2. The second-order valence-electron chi connectivity index (χ2n) is 2.57. The molecule has 62 valence electrons. The number of nitrogens with zero attached hydrogens (tertiary/aromatic N) is 1. The summed E-state index contributed by atoms with van der Waals surface area (Å²) in [6.07, 6.45) is 1.99. The van der Waals surface area contributed by atoms with Gasteiger partial charge in [0, 0.05) is 10.3 Å². The van der Waals surface area contributed by atoms with Gasteiger partial charge in [-0.25, -0.2) is 4.98 Å². The van der Waals surface area contributed by atoms with Crippen molar-refractivity contribution in [2.45, 2.75) is 32.1 Å². The lowest BCUT2D eigenvalue weighted by Crippen LogP contribution is -2.00. The lowest BCUT2D eigenvalue weighted by molar-refractivity contribution is 0.809. The van der Waals surface area contributed by atoms with E-state index in [0.29, 0.717) is 0 Å². The molecule has 0 aromatic carbocycles. The van der Waals surface area contributed by atoms with Crippen molar-refractivity contribution in [3.05, 3.63) is 16.1 Å². The van der Waals surface area contributed by atoms with Crippen LogP contribution in [-0.4, -0.2) is 10.4 Å². The molecule has 0 bridgehead atoms. The molecule has 0 aliphatic rings. The smallest absolute Gasteiger partial charge is 0.0797 e. The molecule has 0 saturated heterocycles. The summed E-state index contributed by atoms with van der Waals surface area (Å²) in [5.41, 5.74) is 3.01.